The van der Waals surface area contributed by atoms with E-state index in [1.807, 2.05) is 0 Å². The number of alkyl halides is 2. The fourth-order valence-electron chi connectivity index (χ4n) is 3.14. The lowest BCUT2D eigenvalue weighted by Gasteiger charge is -2.22. The Balaban J connectivity index is 1.73. The lowest BCUT2D eigenvalue weighted by Crippen LogP contribution is -2.41. The van der Waals surface area contributed by atoms with Crippen LogP contribution in [0.15, 0.2) is 48.5 Å². The van der Waals surface area contributed by atoms with Gasteiger partial charge in [0.05, 0.1) is 17.2 Å². The Morgan fingerprint density at radius 3 is 2.18 bits per heavy atom. The van der Waals surface area contributed by atoms with E-state index in [9.17, 15) is 23.2 Å². The highest BCUT2D eigenvalue weighted by molar-refractivity contribution is 6.22. The van der Waals surface area contributed by atoms with E-state index in [1.54, 1.807) is 37.3 Å². The van der Waals surface area contributed by atoms with Crippen LogP contribution in [0.1, 0.15) is 45.7 Å². The SMILES string of the molecule is CCC(NC(=O)CN1C(=O)c2ccccc2C1=O)c1ccccc1OC(F)F. The number of hydrogen-bond donors (Lipinski definition) is 1. The van der Waals surface area contributed by atoms with E-state index in [1.165, 1.54) is 18.2 Å². The van der Waals surface area contributed by atoms with Crippen molar-refractivity contribution in [2.24, 2.45) is 0 Å². The van der Waals surface area contributed by atoms with E-state index in [0.717, 1.165) is 4.90 Å². The molecule has 8 heteroatoms. The molecule has 0 aliphatic carbocycles. The molecule has 0 saturated carbocycles. The highest BCUT2D eigenvalue weighted by Crippen LogP contribution is 2.28. The number of fused-ring (bicyclic) bond motifs is 1. The smallest absolute Gasteiger partial charge is 0.387 e. The summed E-state index contributed by atoms with van der Waals surface area (Å²) in [5, 5.41) is 2.68. The highest BCUT2D eigenvalue weighted by atomic mass is 19.3. The molecule has 3 rings (SSSR count). The summed E-state index contributed by atoms with van der Waals surface area (Å²) in [4.78, 5) is 38.1. The number of carbonyl (C=O) groups excluding carboxylic acids is 3. The second-order valence-corrected chi connectivity index (χ2v) is 6.19. The van der Waals surface area contributed by atoms with Crippen molar-refractivity contribution in [3.8, 4) is 5.75 Å². The average molecular weight is 388 g/mol. The monoisotopic (exact) mass is 388 g/mol. The van der Waals surface area contributed by atoms with Gasteiger partial charge in [0.25, 0.3) is 11.8 Å². The van der Waals surface area contributed by atoms with Gasteiger partial charge in [0, 0.05) is 5.56 Å². The molecule has 0 bridgehead atoms. The van der Waals surface area contributed by atoms with E-state index in [4.69, 9.17) is 0 Å². The zero-order valence-electron chi connectivity index (χ0n) is 15.0. The maximum absolute atomic E-state index is 12.6. The number of halogens is 2. The number of carbonyl (C=O) groups is 3. The summed E-state index contributed by atoms with van der Waals surface area (Å²) in [6.45, 7) is -1.68. The van der Waals surface area contributed by atoms with E-state index in [-0.39, 0.29) is 16.9 Å². The molecular weight excluding hydrogens is 370 g/mol. The number of hydrogen-bond acceptors (Lipinski definition) is 4. The molecule has 1 atom stereocenters. The first-order chi connectivity index (χ1) is 13.4. The van der Waals surface area contributed by atoms with Gasteiger partial charge in [-0.15, -0.1) is 0 Å². The fraction of sp³-hybridized carbons (Fsp3) is 0.250. The van der Waals surface area contributed by atoms with Crippen LogP contribution in [0.3, 0.4) is 0 Å². The molecule has 28 heavy (non-hydrogen) atoms. The number of imide groups is 1. The molecule has 6 nitrogen and oxygen atoms in total. The van der Waals surface area contributed by atoms with Gasteiger partial charge in [-0.25, -0.2) is 0 Å². The van der Waals surface area contributed by atoms with Crippen LogP contribution in [0.25, 0.3) is 0 Å². The van der Waals surface area contributed by atoms with Gasteiger partial charge in [-0.3, -0.25) is 19.3 Å². The van der Waals surface area contributed by atoms with Gasteiger partial charge < -0.3 is 10.1 Å². The molecule has 1 aliphatic heterocycles. The Bertz CT molecular complexity index is 882. The number of amides is 3. The molecule has 0 aromatic heterocycles. The number of nitrogens with one attached hydrogen (secondary N) is 1. The molecule has 2 aromatic carbocycles. The molecule has 1 aliphatic rings. The molecule has 0 spiro atoms. The van der Waals surface area contributed by atoms with Crippen LogP contribution in [0.5, 0.6) is 5.75 Å². The second kappa shape index (κ2) is 8.16. The topological polar surface area (TPSA) is 75.7 Å². The van der Waals surface area contributed by atoms with Crippen molar-refractivity contribution in [1.29, 1.82) is 0 Å². The minimum Gasteiger partial charge on any atom is -0.434 e. The predicted octanol–water partition coefficient (Wildman–Crippen LogP) is 3.15. The molecule has 0 saturated heterocycles. The number of ether oxygens (including phenoxy) is 1. The summed E-state index contributed by atoms with van der Waals surface area (Å²) in [6, 6.07) is 11.9. The summed E-state index contributed by atoms with van der Waals surface area (Å²) in [7, 11) is 0. The zero-order valence-corrected chi connectivity index (χ0v) is 15.0. The Hall–Kier alpha value is -3.29. The van der Waals surface area contributed by atoms with Crippen LogP contribution in [-0.4, -0.2) is 35.8 Å². The van der Waals surface area contributed by atoms with Crippen molar-refractivity contribution < 1.29 is 27.9 Å². The molecular formula is C20H18F2N2O4. The van der Waals surface area contributed by atoms with Crippen LogP contribution >= 0.6 is 0 Å². The third-order valence-corrected chi connectivity index (χ3v) is 4.43. The number of rotatable bonds is 7. The average Bonchev–Trinajstić information content (AvgIpc) is 2.91. The fourth-order valence-corrected chi connectivity index (χ4v) is 3.14. The first-order valence-electron chi connectivity index (χ1n) is 8.70. The Morgan fingerprint density at radius 1 is 1.04 bits per heavy atom. The Kier molecular flexibility index (Phi) is 5.67. The van der Waals surface area contributed by atoms with Gasteiger partial charge in [-0.05, 0) is 24.6 Å². The van der Waals surface area contributed by atoms with Gasteiger partial charge in [-0.2, -0.15) is 8.78 Å². The highest BCUT2D eigenvalue weighted by Gasteiger charge is 2.36. The molecule has 1 unspecified atom stereocenters. The van der Waals surface area contributed by atoms with Gasteiger partial charge in [-0.1, -0.05) is 37.3 Å². The van der Waals surface area contributed by atoms with E-state index in [0.29, 0.717) is 12.0 Å². The third kappa shape index (κ3) is 3.85. The molecule has 0 radical (unpaired) electrons. The lowest BCUT2D eigenvalue weighted by molar-refractivity contribution is -0.122. The Labute approximate surface area is 160 Å². The van der Waals surface area contributed by atoms with Gasteiger partial charge in [0.2, 0.25) is 5.91 Å². The zero-order chi connectivity index (χ0) is 20.3. The molecule has 0 fully saturated rings. The van der Waals surface area contributed by atoms with Crippen molar-refractivity contribution in [3.05, 3.63) is 65.2 Å². The van der Waals surface area contributed by atoms with Crippen molar-refractivity contribution in [1.82, 2.24) is 10.2 Å². The first-order valence-corrected chi connectivity index (χ1v) is 8.70. The lowest BCUT2D eigenvalue weighted by atomic mass is 10.0. The third-order valence-electron chi connectivity index (χ3n) is 4.43. The summed E-state index contributed by atoms with van der Waals surface area (Å²) in [5.74, 6) is -1.69. The van der Waals surface area contributed by atoms with Gasteiger partial charge >= 0.3 is 6.61 Å². The van der Waals surface area contributed by atoms with Crippen LogP contribution in [0.4, 0.5) is 8.78 Å². The standard InChI is InChI=1S/C20H18F2N2O4/c1-2-15(14-9-5-6-10-16(14)28-20(21)22)23-17(25)11-24-18(26)12-7-3-4-8-13(12)19(24)27/h3-10,15,20H,2,11H2,1H3,(H,23,25). The molecule has 146 valence electrons. The number of para-hydroxylation sites is 1. The predicted molar refractivity (Wildman–Crippen MR) is 96.1 cm³/mol. The van der Waals surface area contributed by atoms with Crippen LogP contribution in [-0.2, 0) is 4.79 Å². The van der Waals surface area contributed by atoms with Crippen LogP contribution < -0.4 is 10.1 Å². The summed E-state index contributed by atoms with van der Waals surface area (Å²) < 4.78 is 29.8. The summed E-state index contributed by atoms with van der Waals surface area (Å²) in [6.07, 6.45) is 0.400. The second-order valence-electron chi connectivity index (χ2n) is 6.19. The maximum Gasteiger partial charge on any atom is 0.387 e. The maximum atomic E-state index is 12.6. The minimum atomic E-state index is -2.99. The van der Waals surface area contributed by atoms with Crippen LogP contribution in [0.2, 0.25) is 0 Å². The van der Waals surface area contributed by atoms with E-state index >= 15 is 0 Å². The number of nitrogens with zero attached hydrogens (tertiary/aromatic N) is 1. The molecule has 3 amide bonds. The number of benzene rings is 2. The minimum absolute atomic E-state index is 0.0367. The first kappa shape index (κ1) is 19.5. The Morgan fingerprint density at radius 2 is 1.61 bits per heavy atom. The van der Waals surface area contributed by atoms with Crippen molar-refractivity contribution in [3.63, 3.8) is 0 Å². The molecule has 1 heterocycles. The van der Waals surface area contributed by atoms with Crippen molar-refractivity contribution in [2.75, 3.05) is 6.54 Å². The van der Waals surface area contributed by atoms with E-state index in [2.05, 4.69) is 10.1 Å². The van der Waals surface area contributed by atoms with Crippen molar-refractivity contribution in [2.45, 2.75) is 26.0 Å². The largest absolute Gasteiger partial charge is 0.434 e. The molecule has 2 aromatic rings. The summed E-state index contributed by atoms with van der Waals surface area (Å²) >= 11 is 0. The quantitative estimate of drug-likeness (QED) is 0.740. The van der Waals surface area contributed by atoms with Gasteiger partial charge in [0.1, 0.15) is 12.3 Å². The summed E-state index contributed by atoms with van der Waals surface area (Å²) in [5.41, 5.74) is 0.895. The molecule has 1 N–H and O–H groups in total. The van der Waals surface area contributed by atoms with Crippen LogP contribution in [0, 0.1) is 0 Å². The van der Waals surface area contributed by atoms with Crippen molar-refractivity contribution >= 4 is 17.7 Å². The normalized spacial score (nSPS) is 14.2. The van der Waals surface area contributed by atoms with E-state index < -0.39 is 36.9 Å². The van der Waals surface area contributed by atoms with Gasteiger partial charge in [0.15, 0.2) is 0 Å².